The van der Waals surface area contributed by atoms with Crippen LogP contribution in [-0.2, 0) is 25.7 Å². The Kier molecular flexibility index (Phi) is 12.1. The molecule has 8 heteroatoms. The summed E-state index contributed by atoms with van der Waals surface area (Å²) in [6, 6.07) is 8.77. The van der Waals surface area contributed by atoms with Crippen LogP contribution < -0.4 is 16.8 Å². The van der Waals surface area contributed by atoms with Gasteiger partial charge in [-0.15, -0.1) is 0 Å². The minimum Gasteiger partial charge on any atom is -0.461 e. The van der Waals surface area contributed by atoms with E-state index in [9.17, 15) is 14.4 Å². The summed E-state index contributed by atoms with van der Waals surface area (Å²) in [5.74, 6) is -1.27. The van der Waals surface area contributed by atoms with Crippen molar-refractivity contribution in [2.45, 2.75) is 66.0 Å². The zero-order valence-electron chi connectivity index (χ0n) is 19.7. The number of esters is 1. The number of benzene rings is 1. The van der Waals surface area contributed by atoms with Crippen molar-refractivity contribution >= 4 is 23.6 Å². The van der Waals surface area contributed by atoms with Crippen molar-refractivity contribution in [3.63, 3.8) is 0 Å². The fourth-order valence-corrected chi connectivity index (χ4v) is 3.26. The third-order valence-corrected chi connectivity index (χ3v) is 5.06. The molecule has 0 spiro atoms. The molecule has 0 radical (unpaired) electrons. The fourth-order valence-electron chi connectivity index (χ4n) is 3.26. The molecular weight excluding hydrogens is 408 g/mol. The van der Waals surface area contributed by atoms with Crippen molar-refractivity contribution in [3.05, 3.63) is 35.9 Å². The van der Waals surface area contributed by atoms with Crippen LogP contribution >= 0.6 is 0 Å². The topological polar surface area (TPSA) is 137 Å². The van der Waals surface area contributed by atoms with Gasteiger partial charge in [0.15, 0.2) is 11.7 Å². The van der Waals surface area contributed by atoms with Crippen LogP contribution in [0.3, 0.4) is 0 Å². The maximum absolute atomic E-state index is 13.0. The van der Waals surface area contributed by atoms with Crippen LogP contribution in [0, 0.1) is 17.8 Å². The van der Waals surface area contributed by atoms with Crippen LogP contribution in [-0.4, -0.2) is 36.2 Å². The number of hydrogen-bond donors (Lipinski definition) is 3. The average Bonchev–Trinajstić information content (AvgIpc) is 2.72. The van der Waals surface area contributed by atoms with E-state index >= 15 is 0 Å². The van der Waals surface area contributed by atoms with Crippen molar-refractivity contribution in [3.8, 4) is 0 Å². The minimum absolute atomic E-state index is 0.0107. The fraction of sp³-hybridized carbons (Fsp3) is 0.583. The average molecular weight is 447 g/mol. The van der Waals surface area contributed by atoms with Crippen LogP contribution in [0.4, 0.5) is 0 Å². The lowest BCUT2D eigenvalue weighted by Gasteiger charge is -2.25. The molecule has 0 fully saturated rings. The molecule has 32 heavy (non-hydrogen) atoms. The highest BCUT2D eigenvalue weighted by Gasteiger charge is 2.30. The van der Waals surface area contributed by atoms with Gasteiger partial charge in [-0.3, -0.25) is 19.4 Å². The van der Waals surface area contributed by atoms with Gasteiger partial charge in [0.25, 0.3) is 0 Å². The molecule has 178 valence electrons. The number of amides is 1. The Hall–Kier alpha value is -2.90. The summed E-state index contributed by atoms with van der Waals surface area (Å²) in [5, 5.41) is 2.88. The van der Waals surface area contributed by atoms with Crippen LogP contribution in [0.5, 0.6) is 0 Å². The third kappa shape index (κ3) is 10.9. The Morgan fingerprint density at radius 3 is 2.28 bits per heavy atom. The highest BCUT2D eigenvalue weighted by Crippen LogP contribution is 2.19. The van der Waals surface area contributed by atoms with Crippen molar-refractivity contribution in [2.75, 3.05) is 6.54 Å². The Labute approximate surface area is 191 Å². The summed E-state index contributed by atoms with van der Waals surface area (Å²) in [6.45, 7) is 8.26. The molecule has 0 aromatic heterocycles. The summed E-state index contributed by atoms with van der Waals surface area (Å²) in [7, 11) is 0. The summed E-state index contributed by atoms with van der Waals surface area (Å²) in [6.07, 6.45) is 1.25. The first-order valence-corrected chi connectivity index (χ1v) is 11.2. The smallest absolute Gasteiger partial charge is 0.306 e. The number of hydrogen-bond acceptors (Lipinski definition) is 5. The normalized spacial score (nSPS) is 12.8. The second-order valence-corrected chi connectivity index (χ2v) is 8.77. The van der Waals surface area contributed by atoms with E-state index in [-0.39, 0.29) is 48.9 Å². The second kappa shape index (κ2) is 14.2. The van der Waals surface area contributed by atoms with E-state index in [0.717, 1.165) is 5.56 Å². The molecule has 0 aliphatic carbocycles. The van der Waals surface area contributed by atoms with E-state index in [1.165, 1.54) is 0 Å². The Bertz CT molecular complexity index is 759. The molecule has 1 rings (SSSR count). The molecule has 0 saturated heterocycles. The molecule has 5 N–H and O–H groups in total. The van der Waals surface area contributed by atoms with Gasteiger partial charge < -0.3 is 21.5 Å². The standard InChI is InChI=1S/C24H38N4O4/c1-16(2)13-20(21(29)11-8-12-27-24(25)26)28-23(31)19(17(3)4)14-22(30)32-15-18-9-6-5-7-10-18/h5-7,9-10,16-17,19-20H,8,11-15H2,1-4H3,(H,28,31)(H4,25,26,27). The molecular formula is C24H38N4O4. The van der Waals surface area contributed by atoms with E-state index in [0.29, 0.717) is 19.4 Å². The van der Waals surface area contributed by atoms with Crippen LogP contribution in [0.1, 0.15) is 58.9 Å². The monoisotopic (exact) mass is 446 g/mol. The highest BCUT2D eigenvalue weighted by atomic mass is 16.5. The minimum atomic E-state index is -0.608. The lowest BCUT2D eigenvalue weighted by molar-refractivity contribution is -0.149. The molecule has 1 aromatic carbocycles. The molecule has 2 atom stereocenters. The van der Waals surface area contributed by atoms with E-state index in [2.05, 4.69) is 10.3 Å². The van der Waals surface area contributed by atoms with Crippen molar-refractivity contribution < 1.29 is 19.1 Å². The molecule has 2 unspecified atom stereocenters. The number of rotatable bonds is 14. The van der Waals surface area contributed by atoms with Gasteiger partial charge in [0.05, 0.1) is 18.4 Å². The highest BCUT2D eigenvalue weighted by molar-refractivity contribution is 5.91. The first-order chi connectivity index (χ1) is 15.1. The quantitative estimate of drug-likeness (QED) is 0.174. The van der Waals surface area contributed by atoms with Crippen LogP contribution in [0.2, 0.25) is 0 Å². The number of nitrogens with two attached hydrogens (primary N) is 2. The first-order valence-electron chi connectivity index (χ1n) is 11.2. The van der Waals surface area contributed by atoms with Gasteiger partial charge in [-0.25, -0.2) is 0 Å². The zero-order chi connectivity index (χ0) is 24.1. The van der Waals surface area contributed by atoms with Gasteiger partial charge in [0.2, 0.25) is 5.91 Å². The number of nitrogens with zero attached hydrogens (tertiary/aromatic N) is 1. The number of ketones is 1. The number of carbonyl (C=O) groups is 3. The summed E-state index contributed by atoms with van der Waals surface area (Å²) >= 11 is 0. The number of Topliss-reactive ketones (excluding diaryl/α,β-unsaturated/α-hetero) is 1. The van der Waals surface area contributed by atoms with E-state index in [4.69, 9.17) is 16.2 Å². The first kappa shape index (κ1) is 27.1. The van der Waals surface area contributed by atoms with Gasteiger partial charge in [-0.1, -0.05) is 58.0 Å². The molecule has 0 aliphatic heterocycles. The number of carbonyl (C=O) groups excluding carboxylic acids is 3. The van der Waals surface area contributed by atoms with Gasteiger partial charge in [0.1, 0.15) is 6.61 Å². The van der Waals surface area contributed by atoms with Gasteiger partial charge in [-0.05, 0) is 30.2 Å². The maximum atomic E-state index is 13.0. The summed E-state index contributed by atoms with van der Waals surface area (Å²) < 4.78 is 5.34. The lowest BCUT2D eigenvalue weighted by atomic mass is 9.90. The molecule has 1 amide bonds. The number of ether oxygens (including phenoxy) is 1. The van der Waals surface area contributed by atoms with Crippen molar-refractivity contribution in [2.24, 2.45) is 34.2 Å². The van der Waals surface area contributed by atoms with Gasteiger partial charge >= 0.3 is 5.97 Å². The number of nitrogens with one attached hydrogen (secondary N) is 1. The summed E-state index contributed by atoms with van der Waals surface area (Å²) in [4.78, 5) is 41.9. The van der Waals surface area contributed by atoms with E-state index in [1.54, 1.807) is 0 Å². The molecule has 0 bridgehead atoms. The second-order valence-electron chi connectivity index (χ2n) is 8.77. The molecule has 8 nitrogen and oxygen atoms in total. The van der Waals surface area contributed by atoms with Gasteiger partial charge in [0, 0.05) is 13.0 Å². The van der Waals surface area contributed by atoms with E-state index in [1.807, 2.05) is 58.0 Å². The van der Waals surface area contributed by atoms with Gasteiger partial charge in [-0.2, -0.15) is 0 Å². The molecule has 0 saturated carbocycles. The lowest BCUT2D eigenvalue weighted by Crippen LogP contribution is -2.46. The molecule has 0 heterocycles. The third-order valence-electron chi connectivity index (χ3n) is 5.06. The molecule has 1 aromatic rings. The summed E-state index contributed by atoms with van der Waals surface area (Å²) in [5.41, 5.74) is 11.5. The van der Waals surface area contributed by atoms with Crippen molar-refractivity contribution in [1.82, 2.24) is 5.32 Å². The largest absolute Gasteiger partial charge is 0.461 e. The molecule has 0 aliphatic rings. The predicted octanol–water partition coefficient (Wildman–Crippen LogP) is 2.55. The number of aliphatic imine (C=N–C) groups is 1. The van der Waals surface area contributed by atoms with Crippen LogP contribution in [0.25, 0.3) is 0 Å². The van der Waals surface area contributed by atoms with Crippen molar-refractivity contribution in [1.29, 1.82) is 0 Å². The predicted molar refractivity (Wildman–Crippen MR) is 125 cm³/mol. The maximum Gasteiger partial charge on any atom is 0.306 e. The Balaban J connectivity index is 2.70. The Morgan fingerprint density at radius 1 is 1.06 bits per heavy atom. The van der Waals surface area contributed by atoms with E-state index < -0.39 is 17.9 Å². The zero-order valence-corrected chi connectivity index (χ0v) is 19.7. The SMILES string of the molecule is CC(C)CC(NC(=O)C(CC(=O)OCc1ccccc1)C(C)C)C(=O)CCCN=C(N)N. The number of guanidine groups is 1. The Morgan fingerprint density at radius 2 is 1.72 bits per heavy atom. The van der Waals surface area contributed by atoms with Crippen LogP contribution in [0.15, 0.2) is 35.3 Å².